The number of nitrogens with zero attached hydrogens (tertiary/aromatic N) is 2. The van der Waals surface area contributed by atoms with Gasteiger partial charge >= 0.3 is 0 Å². The Morgan fingerprint density at radius 2 is 1.92 bits per heavy atom. The Kier molecular flexibility index (Phi) is 2.68. The van der Waals surface area contributed by atoms with Crippen LogP contribution in [0.5, 0.6) is 0 Å². The van der Waals surface area contributed by atoms with Gasteiger partial charge in [-0.2, -0.15) is 0 Å². The molecule has 1 heterocycles. The summed E-state index contributed by atoms with van der Waals surface area (Å²) >= 11 is 0. The molecule has 4 heteroatoms. The van der Waals surface area contributed by atoms with E-state index in [1.54, 1.807) is 6.20 Å². The van der Waals surface area contributed by atoms with Crippen molar-refractivity contribution in [1.29, 1.82) is 0 Å². The fourth-order valence-electron chi connectivity index (χ4n) is 0.654. The number of rotatable bonds is 0. The fourth-order valence-corrected chi connectivity index (χ4v) is 1.16. The molecule has 0 radical (unpaired) electrons. The summed E-state index contributed by atoms with van der Waals surface area (Å²) in [4.78, 5) is 7.95. The highest BCUT2D eigenvalue weighted by Gasteiger charge is 2.07. The second-order valence-corrected chi connectivity index (χ2v) is 8.58. The van der Waals surface area contributed by atoms with Crippen molar-refractivity contribution >= 4 is 13.9 Å². The summed E-state index contributed by atoms with van der Waals surface area (Å²) in [5.41, 5.74) is 9.29. The molecule has 0 bridgehead atoms. The Morgan fingerprint density at radius 3 is 2.38 bits per heavy atom. The van der Waals surface area contributed by atoms with Crippen molar-refractivity contribution in [2.24, 2.45) is 0 Å². The minimum atomic E-state index is -1.31. The third kappa shape index (κ3) is 3.72. The van der Waals surface area contributed by atoms with Gasteiger partial charge in [-0.1, -0.05) is 25.6 Å². The van der Waals surface area contributed by atoms with E-state index in [9.17, 15) is 0 Å². The number of nitrogens with two attached hydrogens (primary N) is 1. The molecule has 0 amide bonds. The highest BCUT2D eigenvalue weighted by Crippen LogP contribution is 1.98. The topological polar surface area (TPSA) is 51.8 Å². The quantitative estimate of drug-likeness (QED) is 0.496. The van der Waals surface area contributed by atoms with E-state index < -0.39 is 8.07 Å². The van der Waals surface area contributed by atoms with Crippen molar-refractivity contribution in [3.8, 4) is 11.5 Å². The Morgan fingerprint density at radius 1 is 1.23 bits per heavy atom. The molecule has 2 N–H and O–H groups in total. The highest BCUT2D eigenvalue weighted by atomic mass is 28.3. The van der Waals surface area contributed by atoms with Crippen LogP contribution in [-0.2, 0) is 0 Å². The lowest BCUT2D eigenvalue weighted by atomic mass is 10.5. The Labute approximate surface area is 79.4 Å². The first kappa shape index (κ1) is 9.74. The molecule has 0 saturated heterocycles. The number of aromatic nitrogens is 2. The summed E-state index contributed by atoms with van der Waals surface area (Å²) in [6.45, 7) is 6.56. The molecule has 13 heavy (non-hydrogen) atoms. The first-order chi connectivity index (χ1) is 5.97. The van der Waals surface area contributed by atoms with E-state index in [0.717, 1.165) is 0 Å². The van der Waals surface area contributed by atoms with Gasteiger partial charge in [0.05, 0.1) is 12.4 Å². The molecule has 0 saturated carbocycles. The van der Waals surface area contributed by atoms with Gasteiger partial charge in [0.15, 0.2) is 0 Å². The second-order valence-electron chi connectivity index (χ2n) is 3.83. The van der Waals surface area contributed by atoms with Crippen LogP contribution in [0.3, 0.4) is 0 Å². The predicted molar refractivity (Wildman–Crippen MR) is 56.7 cm³/mol. The van der Waals surface area contributed by atoms with Gasteiger partial charge in [0.2, 0.25) is 0 Å². The Bertz CT molecular complexity index is 340. The first-order valence-electron chi connectivity index (χ1n) is 4.08. The van der Waals surface area contributed by atoms with Crippen LogP contribution in [-0.4, -0.2) is 18.0 Å². The van der Waals surface area contributed by atoms with Crippen molar-refractivity contribution in [2.75, 3.05) is 5.73 Å². The largest absolute Gasteiger partial charge is 0.382 e. The molecule has 1 rings (SSSR count). The summed E-state index contributed by atoms with van der Waals surface area (Å²) in [6.07, 6.45) is 3.12. The number of hydrogen-bond acceptors (Lipinski definition) is 3. The average molecular weight is 191 g/mol. The molecule has 0 aliphatic rings. The van der Waals surface area contributed by atoms with E-state index >= 15 is 0 Å². The maximum atomic E-state index is 5.40. The molecule has 68 valence electrons. The summed E-state index contributed by atoms with van der Waals surface area (Å²) in [5.74, 6) is 3.42. The van der Waals surface area contributed by atoms with Crippen molar-refractivity contribution in [1.82, 2.24) is 9.97 Å². The Balaban J connectivity index is 2.85. The van der Waals surface area contributed by atoms with Crippen molar-refractivity contribution in [3.63, 3.8) is 0 Å². The van der Waals surface area contributed by atoms with Gasteiger partial charge in [-0.3, -0.25) is 0 Å². The van der Waals surface area contributed by atoms with Crippen LogP contribution in [0, 0.1) is 11.5 Å². The van der Waals surface area contributed by atoms with Gasteiger partial charge in [-0.05, 0) is 0 Å². The molecule has 0 aromatic carbocycles. The van der Waals surface area contributed by atoms with Crippen molar-refractivity contribution < 1.29 is 0 Å². The number of anilines is 1. The van der Waals surface area contributed by atoms with Gasteiger partial charge < -0.3 is 5.73 Å². The lowest BCUT2D eigenvalue weighted by Gasteiger charge is -2.02. The summed E-state index contributed by atoms with van der Waals surface area (Å²) in [6, 6.07) is 0. The van der Waals surface area contributed by atoms with Gasteiger partial charge in [0.25, 0.3) is 0 Å². The van der Waals surface area contributed by atoms with E-state index in [-0.39, 0.29) is 0 Å². The lowest BCUT2D eigenvalue weighted by molar-refractivity contribution is 1.18. The molecule has 0 unspecified atom stereocenters. The molecule has 0 aliphatic heterocycles. The third-order valence-corrected chi connectivity index (χ3v) is 2.11. The van der Waals surface area contributed by atoms with E-state index in [4.69, 9.17) is 5.73 Å². The predicted octanol–water partition coefficient (Wildman–Crippen LogP) is 1.29. The maximum absolute atomic E-state index is 5.40. The Hall–Kier alpha value is -1.34. The molecule has 0 aliphatic carbocycles. The minimum Gasteiger partial charge on any atom is -0.382 e. The molecular weight excluding hydrogens is 178 g/mol. The summed E-state index contributed by atoms with van der Waals surface area (Å²) < 4.78 is 0. The molecule has 3 nitrogen and oxygen atoms in total. The van der Waals surface area contributed by atoms with Crippen LogP contribution in [0.15, 0.2) is 12.4 Å². The van der Waals surface area contributed by atoms with Crippen LogP contribution in [0.4, 0.5) is 5.82 Å². The van der Waals surface area contributed by atoms with E-state index in [1.807, 2.05) is 0 Å². The first-order valence-corrected chi connectivity index (χ1v) is 7.58. The van der Waals surface area contributed by atoms with Crippen LogP contribution in [0.2, 0.25) is 19.6 Å². The van der Waals surface area contributed by atoms with E-state index in [0.29, 0.717) is 11.5 Å². The molecule has 1 aromatic rings. The zero-order valence-corrected chi connectivity index (χ0v) is 9.13. The van der Waals surface area contributed by atoms with E-state index in [1.165, 1.54) is 6.20 Å². The third-order valence-electron chi connectivity index (χ3n) is 1.24. The molecule has 0 spiro atoms. The van der Waals surface area contributed by atoms with Crippen molar-refractivity contribution in [3.05, 3.63) is 18.1 Å². The van der Waals surface area contributed by atoms with E-state index in [2.05, 4.69) is 41.1 Å². The number of nitrogen functional groups attached to an aromatic ring is 1. The van der Waals surface area contributed by atoms with Crippen LogP contribution in [0.1, 0.15) is 5.69 Å². The van der Waals surface area contributed by atoms with Crippen LogP contribution >= 0.6 is 0 Å². The van der Waals surface area contributed by atoms with Gasteiger partial charge in [-0.15, -0.1) is 5.54 Å². The average Bonchev–Trinajstić information content (AvgIpc) is 2.02. The standard InChI is InChI=1S/C9H13N3Si/c1-13(2,3)5-4-8-6-12-9(10)7-11-8/h6-7H,1-3H3,(H2,10,12). The zero-order valence-electron chi connectivity index (χ0n) is 8.13. The van der Waals surface area contributed by atoms with Gasteiger partial charge in [0, 0.05) is 0 Å². The van der Waals surface area contributed by atoms with Gasteiger partial charge in [0.1, 0.15) is 19.6 Å². The normalized spacial score (nSPS) is 10.4. The highest BCUT2D eigenvalue weighted by molar-refractivity contribution is 6.83. The maximum Gasteiger partial charge on any atom is 0.141 e. The zero-order chi connectivity index (χ0) is 9.90. The smallest absolute Gasteiger partial charge is 0.141 e. The molecular formula is C9H13N3Si. The molecule has 1 aromatic heterocycles. The molecule has 0 fully saturated rings. The lowest BCUT2D eigenvalue weighted by Crippen LogP contribution is -2.16. The van der Waals surface area contributed by atoms with Crippen LogP contribution < -0.4 is 5.73 Å². The van der Waals surface area contributed by atoms with Gasteiger partial charge in [-0.25, -0.2) is 9.97 Å². The number of hydrogen-bond donors (Lipinski definition) is 1. The minimum absolute atomic E-state index is 0.429. The monoisotopic (exact) mass is 191 g/mol. The fraction of sp³-hybridized carbons (Fsp3) is 0.333. The van der Waals surface area contributed by atoms with Crippen LogP contribution in [0.25, 0.3) is 0 Å². The van der Waals surface area contributed by atoms with Crippen molar-refractivity contribution in [2.45, 2.75) is 19.6 Å². The SMILES string of the molecule is C[Si](C)(C)C#Cc1cnc(N)cn1. The summed E-state index contributed by atoms with van der Waals surface area (Å²) in [5, 5.41) is 0. The second kappa shape index (κ2) is 3.58. The molecule has 0 atom stereocenters. The summed E-state index contributed by atoms with van der Waals surface area (Å²) in [7, 11) is -1.31.